The standard InChI is InChI=1S/C12H15NO4/c1-16-9-4-3-7(5-10(9)17-2)8-6-12(8,13)11(14)15/h3-5,8H,6,13H2,1-2H3,(H,14,15)/t8-,12-/m0/s1. The first-order valence-corrected chi connectivity index (χ1v) is 5.27. The highest BCUT2D eigenvalue weighted by molar-refractivity contribution is 5.85. The molecule has 0 radical (unpaired) electrons. The van der Waals surface area contributed by atoms with Gasteiger partial charge in [0, 0.05) is 5.92 Å². The van der Waals surface area contributed by atoms with Gasteiger partial charge in [0.25, 0.3) is 0 Å². The van der Waals surface area contributed by atoms with Crippen LogP contribution in [0.5, 0.6) is 11.5 Å². The lowest BCUT2D eigenvalue weighted by Gasteiger charge is -2.10. The highest BCUT2D eigenvalue weighted by atomic mass is 16.5. The first-order valence-electron chi connectivity index (χ1n) is 5.27. The van der Waals surface area contributed by atoms with E-state index >= 15 is 0 Å². The van der Waals surface area contributed by atoms with Crippen molar-refractivity contribution in [2.45, 2.75) is 17.9 Å². The number of ether oxygens (including phenoxy) is 2. The molecular formula is C12H15NO4. The topological polar surface area (TPSA) is 81.8 Å². The maximum absolute atomic E-state index is 11.0. The molecule has 1 aromatic carbocycles. The van der Waals surface area contributed by atoms with Gasteiger partial charge in [-0.05, 0) is 24.1 Å². The lowest BCUT2D eigenvalue weighted by Crippen LogP contribution is -2.34. The fraction of sp³-hybridized carbons (Fsp3) is 0.417. The summed E-state index contributed by atoms with van der Waals surface area (Å²) in [6.07, 6.45) is 0.456. The van der Waals surface area contributed by atoms with Gasteiger partial charge in [-0.2, -0.15) is 0 Å². The van der Waals surface area contributed by atoms with E-state index in [4.69, 9.17) is 20.3 Å². The zero-order chi connectivity index (χ0) is 12.6. The van der Waals surface area contributed by atoms with E-state index in [0.29, 0.717) is 17.9 Å². The highest BCUT2D eigenvalue weighted by Crippen LogP contribution is 2.50. The second-order valence-corrected chi connectivity index (χ2v) is 4.22. The number of aliphatic carboxylic acids is 1. The molecule has 17 heavy (non-hydrogen) atoms. The zero-order valence-electron chi connectivity index (χ0n) is 9.77. The molecule has 2 atom stereocenters. The van der Waals surface area contributed by atoms with E-state index in [-0.39, 0.29) is 5.92 Å². The van der Waals surface area contributed by atoms with Gasteiger partial charge < -0.3 is 20.3 Å². The summed E-state index contributed by atoms with van der Waals surface area (Å²) in [7, 11) is 3.10. The van der Waals surface area contributed by atoms with Crippen LogP contribution in [0.1, 0.15) is 17.9 Å². The third-order valence-corrected chi connectivity index (χ3v) is 3.21. The summed E-state index contributed by atoms with van der Waals surface area (Å²) in [5.74, 6) is 0.0941. The molecule has 1 aliphatic rings. The Labute approximate surface area is 99.1 Å². The van der Waals surface area contributed by atoms with Crippen molar-refractivity contribution in [2.75, 3.05) is 14.2 Å². The minimum Gasteiger partial charge on any atom is -0.493 e. The number of benzene rings is 1. The van der Waals surface area contributed by atoms with Gasteiger partial charge in [-0.15, -0.1) is 0 Å². The summed E-state index contributed by atoms with van der Waals surface area (Å²) < 4.78 is 10.3. The Morgan fingerprint density at radius 1 is 1.41 bits per heavy atom. The molecule has 0 aromatic heterocycles. The quantitative estimate of drug-likeness (QED) is 0.815. The zero-order valence-corrected chi connectivity index (χ0v) is 9.77. The van der Waals surface area contributed by atoms with Gasteiger partial charge in [0.05, 0.1) is 14.2 Å². The predicted molar refractivity (Wildman–Crippen MR) is 61.5 cm³/mol. The number of hydrogen-bond acceptors (Lipinski definition) is 4. The van der Waals surface area contributed by atoms with Crippen molar-refractivity contribution in [1.29, 1.82) is 0 Å². The lowest BCUT2D eigenvalue weighted by atomic mass is 10.1. The maximum atomic E-state index is 11.0. The maximum Gasteiger partial charge on any atom is 0.324 e. The van der Waals surface area contributed by atoms with Crippen molar-refractivity contribution in [3.8, 4) is 11.5 Å². The van der Waals surface area contributed by atoms with E-state index in [1.54, 1.807) is 26.4 Å². The van der Waals surface area contributed by atoms with E-state index in [0.717, 1.165) is 5.56 Å². The van der Waals surface area contributed by atoms with Crippen LogP contribution in [-0.4, -0.2) is 30.8 Å². The SMILES string of the molecule is COc1ccc([C@@H]2C[C@@]2(N)C(=O)O)cc1OC. The molecule has 0 amide bonds. The monoisotopic (exact) mass is 237 g/mol. The number of carbonyl (C=O) groups is 1. The summed E-state index contributed by atoms with van der Waals surface area (Å²) in [4.78, 5) is 11.0. The van der Waals surface area contributed by atoms with Gasteiger partial charge in [-0.3, -0.25) is 4.79 Å². The number of carboxylic acid groups (broad SMARTS) is 1. The van der Waals surface area contributed by atoms with Crippen LogP contribution in [0.3, 0.4) is 0 Å². The molecule has 1 aromatic rings. The first kappa shape index (κ1) is 11.7. The summed E-state index contributed by atoms with van der Waals surface area (Å²) in [5.41, 5.74) is 5.50. The smallest absolute Gasteiger partial charge is 0.324 e. The molecule has 2 rings (SSSR count). The largest absolute Gasteiger partial charge is 0.493 e. The predicted octanol–water partition coefficient (Wildman–Crippen LogP) is 0.973. The van der Waals surface area contributed by atoms with Crippen molar-refractivity contribution in [3.63, 3.8) is 0 Å². The average Bonchev–Trinajstić information content (AvgIpc) is 3.02. The fourth-order valence-electron chi connectivity index (χ4n) is 2.00. The van der Waals surface area contributed by atoms with E-state index in [9.17, 15) is 4.79 Å². The van der Waals surface area contributed by atoms with Gasteiger partial charge in [0.1, 0.15) is 5.54 Å². The molecule has 0 saturated heterocycles. The normalized spacial score (nSPS) is 26.4. The number of hydrogen-bond donors (Lipinski definition) is 2. The number of carboxylic acids is 1. The molecular weight excluding hydrogens is 222 g/mol. The van der Waals surface area contributed by atoms with Crippen LogP contribution in [0, 0.1) is 0 Å². The molecule has 1 fully saturated rings. The summed E-state index contributed by atoms with van der Waals surface area (Å²) >= 11 is 0. The first-order chi connectivity index (χ1) is 8.02. The molecule has 1 saturated carbocycles. The molecule has 0 aliphatic heterocycles. The molecule has 5 nitrogen and oxygen atoms in total. The minimum atomic E-state index is -1.13. The Hall–Kier alpha value is -1.75. The summed E-state index contributed by atoms with van der Waals surface area (Å²) in [6, 6.07) is 5.36. The molecule has 0 bridgehead atoms. The third-order valence-electron chi connectivity index (χ3n) is 3.21. The van der Waals surface area contributed by atoms with Crippen LogP contribution in [-0.2, 0) is 4.79 Å². The van der Waals surface area contributed by atoms with Crippen LogP contribution >= 0.6 is 0 Å². The second kappa shape index (κ2) is 3.92. The fourth-order valence-corrected chi connectivity index (χ4v) is 2.00. The Balaban J connectivity index is 2.28. The molecule has 0 spiro atoms. The van der Waals surface area contributed by atoms with Crippen LogP contribution < -0.4 is 15.2 Å². The Morgan fingerprint density at radius 2 is 2.06 bits per heavy atom. The van der Waals surface area contributed by atoms with E-state index in [2.05, 4.69) is 0 Å². The van der Waals surface area contributed by atoms with Crippen molar-refractivity contribution in [2.24, 2.45) is 5.73 Å². The lowest BCUT2D eigenvalue weighted by molar-refractivity contribution is -0.139. The molecule has 0 unspecified atom stereocenters. The Morgan fingerprint density at radius 3 is 2.53 bits per heavy atom. The average molecular weight is 237 g/mol. The van der Waals surface area contributed by atoms with Gasteiger partial charge in [-0.1, -0.05) is 6.07 Å². The molecule has 3 N–H and O–H groups in total. The summed E-state index contributed by atoms with van der Waals surface area (Å²) in [6.45, 7) is 0. The van der Waals surface area contributed by atoms with E-state index in [1.165, 1.54) is 0 Å². The number of rotatable bonds is 4. The Kier molecular flexibility index (Phi) is 2.71. The van der Waals surface area contributed by atoms with Crippen molar-refractivity contribution < 1.29 is 19.4 Å². The number of nitrogens with two attached hydrogens (primary N) is 1. The van der Waals surface area contributed by atoms with Crippen LogP contribution in [0.4, 0.5) is 0 Å². The Bertz CT molecular complexity index is 460. The van der Waals surface area contributed by atoms with E-state index < -0.39 is 11.5 Å². The summed E-state index contributed by atoms with van der Waals surface area (Å²) in [5, 5.41) is 8.99. The second-order valence-electron chi connectivity index (χ2n) is 4.22. The molecule has 5 heteroatoms. The van der Waals surface area contributed by atoms with Gasteiger partial charge in [0.15, 0.2) is 11.5 Å². The minimum absolute atomic E-state index is 0.153. The van der Waals surface area contributed by atoms with Crippen LogP contribution in [0.2, 0.25) is 0 Å². The van der Waals surface area contributed by atoms with Crippen LogP contribution in [0.15, 0.2) is 18.2 Å². The van der Waals surface area contributed by atoms with Crippen molar-refractivity contribution in [3.05, 3.63) is 23.8 Å². The van der Waals surface area contributed by atoms with Gasteiger partial charge >= 0.3 is 5.97 Å². The third kappa shape index (κ3) is 1.82. The van der Waals surface area contributed by atoms with Gasteiger partial charge in [0.2, 0.25) is 0 Å². The van der Waals surface area contributed by atoms with Crippen molar-refractivity contribution in [1.82, 2.24) is 0 Å². The van der Waals surface area contributed by atoms with E-state index in [1.807, 2.05) is 6.07 Å². The highest BCUT2D eigenvalue weighted by Gasteiger charge is 2.58. The van der Waals surface area contributed by atoms with Crippen LogP contribution in [0.25, 0.3) is 0 Å². The van der Waals surface area contributed by atoms with Crippen molar-refractivity contribution >= 4 is 5.97 Å². The molecule has 1 aliphatic carbocycles. The molecule has 92 valence electrons. The van der Waals surface area contributed by atoms with Gasteiger partial charge in [-0.25, -0.2) is 0 Å². The molecule has 0 heterocycles. The number of methoxy groups -OCH3 is 2.